The predicted octanol–water partition coefficient (Wildman–Crippen LogP) is 5.99. The predicted molar refractivity (Wildman–Crippen MR) is 115 cm³/mol. The number of hydrogen-bond acceptors (Lipinski definition) is 4. The van der Waals surface area contributed by atoms with E-state index in [1.165, 1.54) is 5.56 Å². The molecule has 0 radical (unpaired) electrons. The summed E-state index contributed by atoms with van der Waals surface area (Å²) >= 11 is 13.9. The number of rotatable bonds is 6. The van der Waals surface area contributed by atoms with Crippen LogP contribution in [0.1, 0.15) is 11.1 Å². The summed E-state index contributed by atoms with van der Waals surface area (Å²) in [6.45, 7) is 0.662. The van der Waals surface area contributed by atoms with Gasteiger partial charge in [0.25, 0.3) is 0 Å². The zero-order chi connectivity index (χ0) is 19.3. The first-order chi connectivity index (χ1) is 13.7. The van der Waals surface area contributed by atoms with Gasteiger partial charge in [0.15, 0.2) is 11.0 Å². The van der Waals surface area contributed by atoms with Crippen LogP contribution >= 0.6 is 35.0 Å². The molecule has 140 valence electrons. The molecule has 4 rings (SSSR count). The van der Waals surface area contributed by atoms with Crippen LogP contribution in [0.25, 0.3) is 11.4 Å². The molecule has 7 heteroatoms. The maximum absolute atomic E-state index is 6.42. The molecule has 0 atom stereocenters. The molecule has 0 saturated carbocycles. The van der Waals surface area contributed by atoms with Crippen molar-refractivity contribution >= 4 is 35.0 Å². The van der Waals surface area contributed by atoms with Crippen LogP contribution in [-0.2, 0) is 12.3 Å². The van der Waals surface area contributed by atoms with E-state index in [1.807, 2.05) is 48.5 Å². The van der Waals surface area contributed by atoms with Crippen molar-refractivity contribution < 1.29 is 0 Å². The van der Waals surface area contributed by atoms with Crippen molar-refractivity contribution in [2.45, 2.75) is 17.5 Å². The molecule has 28 heavy (non-hydrogen) atoms. The number of benzene rings is 2. The lowest BCUT2D eigenvalue weighted by Gasteiger charge is -2.11. The average Bonchev–Trinajstić information content (AvgIpc) is 3.11. The quantitative estimate of drug-likeness (QED) is 0.280. The topological polar surface area (TPSA) is 43.6 Å². The summed E-state index contributed by atoms with van der Waals surface area (Å²) in [6.07, 6.45) is 1.78. The fourth-order valence-corrected chi connectivity index (χ4v) is 3.99. The largest absolute Gasteiger partial charge is 0.297 e. The van der Waals surface area contributed by atoms with E-state index in [0.717, 1.165) is 27.9 Å². The van der Waals surface area contributed by atoms with E-state index in [9.17, 15) is 0 Å². The van der Waals surface area contributed by atoms with Crippen molar-refractivity contribution in [3.05, 3.63) is 94.2 Å². The minimum absolute atomic E-state index is 0.488. The molecule has 0 fully saturated rings. The summed E-state index contributed by atoms with van der Waals surface area (Å²) in [6, 6.07) is 21.7. The highest BCUT2D eigenvalue weighted by Crippen LogP contribution is 2.31. The van der Waals surface area contributed by atoms with Gasteiger partial charge in [0.1, 0.15) is 5.15 Å². The minimum Gasteiger partial charge on any atom is -0.297 e. The second kappa shape index (κ2) is 8.78. The minimum atomic E-state index is 0.488. The summed E-state index contributed by atoms with van der Waals surface area (Å²) in [7, 11) is 0. The summed E-state index contributed by atoms with van der Waals surface area (Å²) in [5.74, 6) is 1.48. The Morgan fingerprint density at radius 2 is 1.61 bits per heavy atom. The van der Waals surface area contributed by atoms with Crippen molar-refractivity contribution in [1.29, 1.82) is 0 Å². The Morgan fingerprint density at radius 1 is 0.821 bits per heavy atom. The Morgan fingerprint density at radius 3 is 2.36 bits per heavy atom. The highest BCUT2D eigenvalue weighted by molar-refractivity contribution is 7.98. The van der Waals surface area contributed by atoms with Crippen LogP contribution in [-0.4, -0.2) is 19.7 Å². The highest BCUT2D eigenvalue weighted by atomic mass is 35.5. The van der Waals surface area contributed by atoms with Crippen molar-refractivity contribution in [3.8, 4) is 11.4 Å². The van der Waals surface area contributed by atoms with Crippen LogP contribution in [0.3, 0.4) is 0 Å². The third-order valence-corrected chi connectivity index (χ3v) is 5.76. The van der Waals surface area contributed by atoms with Gasteiger partial charge in [0, 0.05) is 17.5 Å². The molecule has 0 spiro atoms. The van der Waals surface area contributed by atoms with Gasteiger partial charge in [-0.05, 0) is 29.3 Å². The van der Waals surface area contributed by atoms with Crippen LogP contribution in [0.15, 0.2) is 78.1 Å². The molecule has 0 unspecified atom stereocenters. The van der Waals surface area contributed by atoms with Crippen LogP contribution in [0.5, 0.6) is 0 Å². The van der Waals surface area contributed by atoms with E-state index in [0.29, 0.717) is 16.7 Å². The van der Waals surface area contributed by atoms with E-state index in [4.69, 9.17) is 23.2 Å². The van der Waals surface area contributed by atoms with Gasteiger partial charge in [-0.3, -0.25) is 4.57 Å². The number of nitrogens with zero attached hydrogens (tertiary/aromatic N) is 4. The molecular formula is C21H16Cl2N4S. The van der Waals surface area contributed by atoms with E-state index >= 15 is 0 Å². The van der Waals surface area contributed by atoms with Gasteiger partial charge in [0.2, 0.25) is 0 Å². The zero-order valence-electron chi connectivity index (χ0n) is 14.8. The Kier molecular flexibility index (Phi) is 5.95. The Balaban J connectivity index is 1.67. The summed E-state index contributed by atoms with van der Waals surface area (Å²) in [4.78, 5) is 4.14. The third-order valence-electron chi connectivity index (χ3n) is 4.17. The molecule has 4 nitrogen and oxygen atoms in total. The van der Waals surface area contributed by atoms with Crippen LogP contribution in [0.4, 0.5) is 0 Å². The lowest BCUT2D eigenvalue weighted by atomic mass is 10.2. The second-order valence-corrected chi connectivity index (χ2v) is 7.87. The molecule has 0 bridgehead atoms. The molecular weight excluding hydrogens is 411 g/mol. The van der Waals surface area contributed by atoms with Crippen molar-refractivity contribution in [3.63, 3.8) is 0 Å². The standard InChI is InChI=1S/C21H16Cl2N4S/c22-18-9-5-4-8-17(18)20-25-26-21(27(20)13-15-6-2-1-3-7-15)28-14-16-10-11-19(23)24-12-16/h1-12H,13-14H2. The summed E-state index contributed by atoms with van der Waals surface area (Å²) in [5.41, 5.74) is 3.11. The number of thioether (sulfide) groups is 1. The molecule has 2 aromatic carbocycles. The van der Waals surface area contributed by atoms with Crippen LogP contribution < -0.4 is 0 Å². The molecule has 2 aromatic heterocycles. The maximum atomic E-state index is 6.42. The molecule has 0 N–H and O–H groups in total. The SMILES string of the molecule is Clc1ccc(CSc2nnc(-c3ccccc3Cl)n2Cc2ccccc2)cn1. The fraction of sp³-hybridized carbons (Fsp3) is 0.0952. The highest BCUT2D eigenvalue weighted by Gasteiger charge is 2.17. The first-order valence-corrected chi connectivity index (χ1v) is 10.4. The van der Waals surface area contributed by atoms with E-state index in [2.05, 4.69) is 31.9 Å². The molecule has 0 aliphatic heterocycles. The molecule has 0 aliphatic rings. The zero-order valence-corrected chi connectivity index (χ0v) is 17.1. The van der Waals surface area contributed by atoms with Crippen LogP contribution in [0.2, 0.25) is 10.2 Å². The lowest BCUT2D eigenvalue weighted by Crippen LogP contribution is -2.04. The monoisotopic (exact) mass is 426 g/mol. The summed E-state index contributed by atoms with van der Waals surface area (Å²) in [5, 5.41) is 10.8. The van der Waals surface area contributed by atoms with Gasteiger partial charge >= 0.3 is 0 Å². The third kappa shape index (κ3) is 4.38. The maximum Gasteiger partial charge on any atom is 0.192 e. The van der Waals surface area contributed by atoms with Gasteiger partial charge < -0.3 is 0 Å². The van der Waals surface area contributed by atoms with E-state index < -0.39 is 0 Å². The van der Waals surface area contributed by atoms with Gasteiger partial charge in [-0.25, -0.2) is 4.98 Å². The molecule has 0 aliphatic carbocycles. The van der Waals surface area contributed by atoms with E-state index in [-0.39, 0.29) is 0 Å². The molecule has 0 saturated heterocycles. The smallest absolute Gasteiger partial charge is 0.192 e. The Bertz CT molecular complexity index is 1070. The number of halogens is 2. The number of hydrogen-bond donors (Lipinski definition) is 0. The van der Waals surface area contributed by atoms with Gasteiger partial charge in [-0.2, -0.15) is 0 Å². The lowest BCUT2D eigenvalue weighted by molar-refractivity contribution is 0.714. The van der Waals surface area contributed by atoms with Gasteiger partial charge in [-0.1, -0.05) is 83.5 Å². The average molecular weight is 427 g/mol. The van der Waals surface area contributed by atoms with Gasteiger partial charge in [0.05, 0.1) is 11.6 Å². The van der Waals surface area contributed by atoms with E-state index in [1.54, 1.807) is 24.0 Å². The molecule has 0 amide bonds. The molecule has 2 heterocycles. The van der Waals surface area contributed by atoms with Crippen LogP contribution in [0, 0.1) is 0 Å². The fourth-order valence-electron chi connectivity index (χ4n) is 2.79. The van der Waals surface area contributed by atoms with Gasteiger partial charge in [-0.15, -0.1) is 10.2 Å². The van der Waals surface area contributed by atoms with Crippen molar-refractivity contribution in [2.75, 3.05) is 0 Å². The first kappa shape index (κ1) is 19.0. The summed E-state index contributed by atoms with van der Waals surface area (Å²) < 4.78 is 2.10. The number of pyridine rings is 1. The molecule has 4 aromatic rings. The first-order valence-electron chi connectivity index (χ1n) is 8.66. The Labute approximate surface area is 177 Å². The van der Waals surface area contributed by atoms with Crippen molar-refractivity contribution in [2.24, 2.45) is 0 Å². The normalized spacial score (nSPS) is 10.9. The Hall–Kier alpha value is -2.34. The number of aromatic nitrogens is 4. The van der Waals surface area contributed by atoms with Crippen molar-refractivity contribution in [1.82, 2.24) is 19.7 Å². The second-order valence-electron chi connectivity index (χ2n) is 6.14.